The quantitative estimate of drug-likeness (QED) is 0.808. The van der Waals surface area contributed by atoms with Crippen molar-refractivity contribution in [1.82, 2.24) is 10.6 Å². The van der Waals surface area contributed by atoms with E-state index in [1.165, 1.54) is 0 Å². The molecule has 0 unspecified atom stereocenters. The summed E-state index contributed by atoms with van der Waals surface area (Å²) in [6, 6.07) is 16.2. The molecule has 2 N–H and O–H groups in total. The maximum atomic E-state index is 12.7. The van der Waals surface area contributed by atoms with E-state index in [1.807, 2.05) is 18.2 Å². The van der Waals surface area contributed by atoms with Crippen LogP contribution in [0.5, 0.6) is 0 Å². The number of carbonyl (C=O) groups is 2. The number of rotatable bonds is 4. The van der Waals surface area contributed by atoms with Gasteiger partial charge in [0.1, 0.15) is 0 Å². The van der Waals surface area contributed by atoms with Gasteiger partial charge >= 0.3 is 0 Å². The molecule has 0 atom stereocenters. The molecule has 1 heterocycles. The zero-order valence-electron chi connectivity index (χ0n) is 16.5. The summed E-state index contributed by atoms with van der Waals surface area (Å²) in [5, 5.41) is 6.78. The minimum atomic E-state index is -0.0905. The van der Waals surface area contributed by atoms with E-state index in [-0.39, 0.29) is 28.8 Å². The van der Waals surface area contributed by atoms with E-state index in [4.69, 9.17) is 0 Å². The lowest BCUT2D eigenvalue weighted by Gasteiger charge is -2.46. The Morgan fingerprint density at radius 3 is 1.85 bits per heavy atom. The second-order valence-electron chi connectivity index (χ2n) is 8.74. The lowest BCUT2D eigenvalue weighted by molar-refractivity contribution is 0.0872. The molecule has 0 aromatic heterocycles. The van der Waals surface area contributed by atoms with E-state index in [0.29, 0.717) is 16.7 Å². The van der Waals surface area contributed by atoms with Gasteiger partial charge in [-0.1, -0.05) is 42.5 Å². The molecule has 1 amide bonds. The van der Waals surface area contributed by atoms with Crippen molar-refractivity contribution in [1.29, 1.82) is 0 Å². The van der Waals surface area contributed by atoms with Crippen molar-refractivity contribution < 1.29 is 9.59 Å². The van der Waals surface area contributed by atoms with E-state index >= 15 is 0 Å². The van der Waals surface area contributed by atoms with Crippen LogP contribution in [0.15, 0.2) is 54.6 Å². The SMILES string of the molecule is CC1(C)CC(NC(=O)c2ccc(C(=O)c3ccccc3)cc2)CC(C)(C)N1. The highest BCUT2D eigenvalue weighted by molar-refractivity contribution is 6.09. The highest BCUT2D eigenvalue weighted by Crippen LogP contribution is 2.28. The van der Waals surface area contributed by atoms with Crippen molar-refractivity contribution in [3.05, 3.63) is 71.3 Å². The number of amides is 1. The fourth-order valence-electron chi connectivity index (χ4n) is 4.22. The van der Waals surface area contributed by atoms with Gasteiger partial charge in [-0.15, -0.1) is 0 Å². The number of ketones is 1. The molecule has 0 radical (unpaired) electrons. The Balaban J connectivity index is 1.68. The second-order valence-corrected chi connectivity index (χ2v) is 8.74. The zero-order valence-corrected chi connectivity index (χ0v) is 16.5. The standard InChI is InChI=1S/C23H28N2O2/c1-22(2)14-19(15-23(3,4)25-22)24-21(27)18-12-10-17(11-13-18)20(26)16-8-6-5-7-9-16/h5-13,19,25H,14-15H2,1-4H3,(H,24,27). The summed E-state index contributed by atoms with van der Waals surface area (Å²) in [7, 11) is 0. The second kappa shape index (κ2) is 7.28. The van der Waals surface area contributed by atoms with Crippen LogP contribution in [0.4, 0.5) is 0 Å². The predicted molar refractivity (Wildman–Crippen MR) is 108 cm³/mol. The first kappa shape index (κ1) is 19.3. The molecule has 2 aromatic rings. The minimum Gasteiger partial charge on any atom is -0.349 e. The Bertz CT molecular complexity index is 807. The molecule has 1 fully saturated rings. The minimum absolute atomic E-state index is 0.0222. The molecule has 0 bridgehead atoms. The monoisotopic (exact) mass is 364 g/mol. The highest BCUT2D eigenvalue weighted by Gasteiger charge is 2.38. The van der Waals surface area contributed by atoms with E-state index in [0.717, 1.165) is 12.8 Å². The first-order chi connectivity index (χ1) is 12.7. The van der Waals surface area contributed by atoms with Crippen molar-refractivity contribution >= 4 is 11.7 Å². The lowest BCUT2D eigenvalue weighted by Crippen LogP contribution is -2.62. The van der Waals surface area contributed by atoms with Crippen LogP contribution < -0.4 is 10.6 Å². The molecule has 0 saturated carbocycles. The van der Waals surface area contributed by atoms with Crippen molar-refractivity contribution in [2.75, 3.05) is 0 Å². The van der Waals surface area contributed by atoms with Gasteiger partial charge in [-0.25, -0.2) is 0 Å². The van der Waals surface area contributed by atoms with Gasteiger partial charge in [0.05, 0.1) is 0 Å². The normalized spacial score (nSPS) is 18.7. The van der Waals surface area contributed by atoms with Crippen LogP contribution in [-0.4, -0.2) is 28.8 Å². The number of hydrogen-bond acceptors (Lipinski definition) is 3. The number of nitrogens with one attached hydrogen (secondary N) is 2. The Hall–Kier alpha value is -2.46. The molecular formula is C23H28N2O2. The Labute approximate surface area is 161 Å². The summed E-state index contributed by atoms with van der Waals surface area (Å²) >= 11 is 0. The molecule has 0 aliphatic carbocycles. The Kier molecular flexibility index (Phi) is 5.20. The van der Waals surface area contributed by atoms with Crippen molar-refractivity contribution in [2.24, 2.45) is 0 Å². The summed E-state index contributed by atoms with van der Waals surface area (Å²) in [6.45, 7) is 8.65. The fourth-order valence-corrected chi connectivity index (χ4v) is 4.22. The van der Waals surface area contributed by atoms with Gasteiger partial charge in [-0.05, 0) is 52.7 Å². The van der Waals surface area contributed by atoms with Gasteiger partial charge in [-0.3, -0.25) is 9.59 Å². The van der Waals surface area contributed by atoms with Gasteiger partial charge < -0.3 is 10.6 Å². The molecule has 2 aromatic carbocycles. The first-order valence-electron chi connectivity index (χ1n) is 9.45. The van der Waals surface area contributed by atoms with Crippen LogP contribution >= 0.6 is 0 Å². The maximum absolute atomic E-state index is 12.7. The number of benzene rings is 2. The summed E-state index contributed by atoms with van der Waals surface area (Å²) in [5.41, 5.74) is 1.77. The molecule has 142 valence electrons. The fraction of sp³-hybridized carbons (Fsp3) is 0.391. The molecular weight excluding hydrogens is 336 g/mol. The Morgan fingerprint density at radius 2 is 1.30 bits per heavy atom. The average molecular weight is 364 g/mol. The van der Waals surface area contributed by atoms with Crippen LogP contribution in [0.3, 0.4) is 0 Å². The topological polar surface area (TPSA) is 58.2 Å². The average Bonchev–Trinajstić information content (AvgIpc) is 2.59. The summed E-state index contributed by atoms with van der Waals surface area (Å²) in [6.07, 6.45) is 1.76. The summed E-state index contributed by atoms with van der Waals surface area (Å²) in [5.74, 6) is -0.128. The molecule has 1 aliphatic rings. The molecule has 4 heteroatoms. The van der Waals surface area contributed by atoms with E-state index in [9.17, 15) is 9.59 Å². The third-order valence-electron chi connectivity index (χ3n) is 4.97. The van der Waals surface area contributed by atoms with Crippen molar-refractivity contribution in [3.8, 4) is 0 Å². The van der Waals surface area contributed by atoms with Gasteiger partial charge in [0.15, 0.2) is 5.78 Å². The third kappa shape index (κ3) is 4.83. The van der Waals surface area contributed by atoms with Crippen molar-refractivity contribution in [2.45, 2.75) is 57.7 Å². The first-order valence-corrected chi connectivity index (χ1v) is 9.45. The smallest absolute Gasteiger partial charge is 0.251 e. The van der Waals surface area contributed by atoms with Gasteiger partial charge in [-0.2, -0.15) is 0 Å². The Morgan fingerprint density at radius 1 is 0.815 bits per heavy atom. The lowest BCUT2D eigenvalue weighted by atomic mass is 9.79. The largest absolute Gasteiger partial charge is 0.349 e. The molecule has 27 heavy (non-hydrogen) atoms. The number of hydrogen-bond donors (Lipinski definition) is 2. The van der Waals surface area contributed by atoms with E-state index in [1.54, 1.807) is 36.4 Å². The van der Waals surface area contributed by atoms with Crippen molar-refractivity contribution in [3.63, 3.8) is 0 Å². The van der Waals surface area contributed by atoms with Gasteiger partial charge in [0.2, 0.25) is 0 Å². The van der Waals surface area contributed by atoms with Crippen LogP contribution in [0.2, 0.25) is 0 Å². The van der Waals surface area contributed by atoms with E-state index in [2.05, 4.69) is 38.3 Å². The molecule has 1 aliphatic heterocycles. The van der Waals surface area contributed by atoms with Crippen LogP contribution in [0, 0.1) is 0 Å². The van der Waals surface area contributed by atoms with Crippen LogP contribution in [0.25, 0.3) is 0 Å². The molecule has 1 saturated heterocycles. The number of piperidine rings is 1. The highest BCUT2D eigenvalue weighted by atomic mass is 16.1. The molecule has 4 nitrogen and oxygen atoms in total. The van der Waals surface area contributed by atoms with Crippen LogP contribution in [0.1, 0.15) is 66.8 Å². The summed E-state index contributed by atoms with van der Waals surface area (Å²) in [4.78, 5) is 25.1. The zero-order chi connectivity index (χ0) is 19.7. The molecule has 3 rings (SSSR count). The third-order valence-corrected chi connectivity index (χ3v) is 4.97. The predicted octanol–water partition coefficient (Wildman–Crippen LogP) is 3.96. The van der Waals surface area contributed by atoms with Gasteiger partial charge in [0, 0.05) is 33.8 Å². The van der Waals surface area contributed by atoms with Crippen LogP contribution in [-0.2, 0) is 0 Å². The summed E-state index contributed by atoms with van der Waals surface area (Å²) < 4.78 is 0. The molecule has 0 spiro atoms. The van der Waals surface area contributed by atoms with Gasteiger partial charge in [0.25, 0.3) is 5.91 Å². The maximum Gasteiger partial charge on any atom is 0.251 e. The number of carbonyl (C=O) groups excluding carboxylic acids is 2. The van der Waals surface area contributed by atoms with E-state index < -0.39 is 0 Å².